The Morgan fingerprint density at radius 2 is 2.10 bits per heavy atom. The van der Waals surface area contributed by atoms with E-state index in [0.29, 0.717) is 24.2 Å². The fourth-order valence-electron chi connectivity index (χ4n) is 3.23. The van der Waals surface area contributed by atoms with Crippen molar-refractivity contribution in [2.24, 2.45) is 11.7 Å². The number of hydrogen-bond acceptors (Lipinski definition) is 4. The summed E-state index contributed by atoms with van der Waals surface area (Å²) in [5, 5.41) is 11.3. The van der Waals surface area contributed by atoms with Crippen molar-refractivity contribution in [1.29, 1.82) is 0 Å². The highest BCUT2D eigenvalue weighted by molar-refractivity contribution is 5.64. The van der Waals surface area contributed by atoms with E-state index < -0.39 is 0 Å². The molecule has 110 valence electrons. The number of anilines is 1. The maximum Gasteiger partial charge on any atom is 0.292 e. The lowest BCUT2D eigenvalue weighted by Crippen LogP contribution is -2.43. The Labute approximate surface area is 119 Å². The zero-order chi connectivity index (χ0) is 14.7. The average molecular weight is 277 g/mol. The second-order valence-corrected chi connectivity index (χ2v) is 5.71. The van der Waals surface area contributed by atoms with Gasteiger partial charge in [-0.25, -0.2) is 0 Å². The largest absolute Gasteiger partial charge is 0.366 e. The third-order valence-corrected chi connectivity index (χ3v) is 4.38. The average Bonchev–Trinajstić information content (AvgIpc) is 2.46. The number of nitrogens with two attached hydrogens (primary N) is 1. The minimum Gasteiger partial charge on any atom is -0.366 e. The summed E-state index contributed by atoms with van der Waals surface area (Å²) in [6, 6.07) is 5.73. The molecule has 0 amide bonds. The van der Waals surface area contributed by atoms with Crippen LogP contribution in [0.15, 0.2) is 18.2 Å². The quantitative estimate of drug-likeness (QED) is 0.678. The fourth-order valence-corrected chi connectivity index (χ4v) is 3.23. The van der Waals surface area contributed by atoms with E-state index in [-0.39, 0.29) is 10.6 Å². The Morgan fingerprint density at radius 3 is 2.75 bits per heavy atom. The predicted octanol–water partition coefficient (Wildman–Crippen LogP) is 2.86. The number of hydrogen-bond donors (Lipinski definition) is 1. The standard InChI is InChI=1S/C15H23N3O2/c1-11-7-8-14(15(9-11)18(19)20)17(2)13-6-4-3-5-12(13)10-16/h7-9,12-13H,3-6,10,16H2,1-2H3. The van der Waals surface area contributed by atoms with E-state index in [1.165, 1.54) is 12.8 Å². The molecule has 1 aromatic rings. The van der Waals surface area contributed by atoms with Gasteiger partial charge in [0.05, 0.1) is 4.92 Å². The maximum absolute atomic E-state index is 11.3. The molecule has 0 bridgehead atoms. The summed E-state index contributed by atoms with van der Waals surface area (Å²) in [6.45, 7) is 2.52. The van der Waals surface area contributed by atoms with Crippen LogP contribution in [-0.2, 0) is 0 Å². The molecular formula is C15H23N3O2. The highest BCUT2D eigenvalue weighted by Crippen LogP contribution is 2.35. The van der Waals surface area contributed by atoms with Gasteiger partial charge in [0.1, 0.15) is 5.69 Å². The lowest BCUT2D eigenvalue weighted by Gasteiger charge is -2.38. The van der Waals surface area contributed by atoms with Crippen molar-refractivity contribution in [3.05, 3.63) is 33.9 Å². The Hall–Kier alpha value is -1.62. The molecule has 5 nitrogen and oxygen atoms in total. The summed E-state index contributed by atoms with van der Waals surface area (Å²) in [4.78, 5) is 13.0. The van der Waals surface area contributed by atoms with Crippen LogP contribution >= 0.6 is 0 Å². The Balaban J connectivity index is 2.32. The van der Waals surface area contributed by atoms with Crippen LogP contribution in [-0.4, -0.2) is 24.6 Å². The van der Waals surface area contributed by atoms with Gasteiger partial charge < -0.3 is 10.6 Å². The number of nitro groups is 1. The fraction of sp³-hybridized carbons (Fsp3) is 0.600. The molecule has 2 atom stereocenters. The van der Waals surface area contributed by atoms with E-state index in [0.717, 1.165) is 18.4 Å². The van der Waals surface area contributed by atoms with Crippen LogP contribution in [0.25, 0.3) is 0 Å². The molecule has 1 saturated carbocycles. The van der Waals surface area contributed by atoms with E-state index in [2.05, 4.69) is 4.90 Å². The third kappa shape index (κ3) is 2.93. The van der Waals surface area contributed by atoms with E-state index in [9.17, 15) is 10.1 Å². The Bertz CT molecular complexity index is 490. The lowest BCUT2D eigenvalue weighted by atomic mass is 9.83. The van der Waals surface area contributed by atoms with Gasteiger partial charge >= 0.3 is 0 Å². The summed E-state index contributed by atoms with van der Waals surface area (Å²) in [7, 11) is 1.95. The molecule has 1 aliphatic carbocycles. The van der Waals surface area contributed by atoms with Crippen LogP contribution in [0.1, 0.15) is 31.2 Å². The molecular weight excluding hydrogens is 254 g/mol. The molecule has 0 aromatic heterocycles. The molecule has 2 unspecified atom stereocenters. The van der Waals surface area contributed by atoms with Crippen molar-refractivity contribution in [1.82, 2.24) is 0 Å². The van der Waals surface area contributed by atoms with Gasteiger partial charge in [0.25, 0.3) is 5.69 Å². The summed E-state index contributed by atoms with van der Waals surface area (Å²) in [6.07, 6.45) is 4.56. The minimum atomic E-state index is -0.293. The second kappa shape index (κ2) is 6.22. The zero-order valence-electron chi connectivity index (χ0n) is 12.2. The van der Waals surface area contributed by atoms with Crippen molar-refractivity contribution < 1.29 is 4.92 Å². The van der Waals surface area contributed by atoms with E-state index in [1.54, 1.807) is 6.07 Å². The lowest BCUT2D eigenvalue weighted by molar-refractivity contribution is -0.384. The van der Waals surface area contributed by atoms with Gasteiger partial charge in [-0.05, 0) is 43.9 Å². The van der Waals surface area contributed by atoms with Crippen LogP contribution in [0.3, 0.4) is 0 Å². The smallest absolute Gasteiger partial charge is 0.292 e. The topological polar surface area (TPSA) is 72.4 Å². The molecule has 5 heteroatoms. The van der Waals surface area contributed by atoms with Gasteiger partial charge in [-0.2, -0.15) is 0 Å². The van der Waals surface area contributed by atoms with Gasteiger partial charge in [0.15, 0.2) is 0 Å². The first-order valence-corrected chi connectivity index (χ1v) is 7.22. The first-order chi connectivity index (χ1) is 9.54. The van der Waals surface area contributed by atoms with Crippen LogP contribution in [0, 0.1) is 23.0 Å². The van der Waals surface area contributed by atoms with Gasteiger partial charge in [0, 0.05) is 19.2 Å². The van der Waals surface area contributed by atoms with Gasteiger partial charge in [-0.15, -0.1) is 0 Å². The molecule has 20 heavy (non-hydrogen) atoms. The van der Waals surface area contributed by atoms with E-state index in [4.69, 9.17) is 5.73 Å². The SMILES string of the molecule is Cc1ccc(N(C)C2CCCCC2CN)c([N+](=O)[O-])c1. The molecule has 0 radical (unpaired) electrons. The first kappa shape index (κ1) is 14.8. The Kier molecular flexibility index (Phi) is 4.60. The van der Waals surface area contributed by atoms with Crippen molar-refractivity contribution in [3.63, 3.8) is 0 Å². The first-order valence-electron chi connectivity index (χ1n) is 7.22. The van der Waals surface area contributed by atoms with Gasteiger partial charge in [-0.3, -0.25) is 10.1 Å². The zero-order valence-corrected chi connectivity index (χ0v) is 12.2. The van der Waals surface area contributed by atoms with Crippen molar-refractivity contribution in [3.8, 4) is 0 Å². The minimum absolute atomic E-state index is 0.189. The van der Waals surface area contributed by atoms with Crippen molar-refractivity contribution in [2.45, 2.75) is 38.6 Å². The second-order valence-electron chi connectivity index (χ2n) is 5.71. The Morgan fingerprint density at radius 1 is 1.40 bits per heavy atom. The molecule has 1 aromatic carbocycles. The van der Waals surface area contributed by atoms with Crippen LogP contribution in [0.2, 0.25) is 0 Å². The predicted molar refractivity (Wildman–Crippen MR) is 81.0 cm³/mol. The number of benzene rings is 1. The number of aryl methyl sites for hydroxylation is 1. The molecule has 0 aliphatic heterocycles. The van der Waals surface area contributed by atoms with Gasteiger partial charge in [-0.1, -0.05) is 18.9 Å². The maximum atomic E-state index is 11.3. The molecule has 2 rings (SSSR count). The molecule has 0 spiro atoms. The van der Waals surface area contributed by atoms with Gasteiger partial charge in [0.2, 0.25) is 0 Å². The summed E-state index contributed by atoms with van der Waals surface area (Å²) >= 11 is 0. The summed E-state index contributed by atoms with van der Waals surface area (Å²) in [5.74, 6) is 0.426. The summed E-state index contributed by atoms with van der Waals surface area (Å²) in [5.41, 5.74) is 7.67. The number of nitro benzene ring substituents is 1. The van der Waals surface area contributed by atoms with E-state index in [1.807, 2.05) is 26.1 Å². The number of nitrogens with zero attached hydrogens (tertiary/aromatic N) is 2. The molecule has 1 fully saturated rings. The molecule has 2 N–H and O–H groups in total. The third-order valence-electron chi connectivity index (χ3n) is 4.38. The van der Waals surface area contributed by atoms with Crippen LogP contribution < -0.4 is 10.6 Å². The number of rotatable bonds is 4. The van der Waals surface area contributed by atoms with E-state index >= 15 is 0 Å². The summed E-state index contributed by atoms with van der Waals surface area (Å²) < 4.78 is 0. The molecule has 0 heterocycles. The highest BCUT2D eigenvalue weighted by atomic mass is 16.6. The molecule has 0 saturated heterocycles. The monoisotopic (exact) mass is 277 g/mol. The highest BCUT2D eigenvalue weighted by Gasteiger charge is 2.30. The van der Waals surface area contributed by atoms with Crippen LogP contribution in [0.5, 0.6) is 0 Å². The molecule has 1 aliphatic rings. The van der Waals surface area contributed by atoms with Crippen molar-refractivity contribution >= 4 is 11.4 Å². The van der Waals surface area contributed by atoms with Crippen LogP contribution in [0.4, 0.5) is 11.4 Å². The van der Waals surface area contributed by atoms with Crippen molar-refractivity contribution in [2.75, 3.05) is 18.5 Å². The normalized spacial score (nSPS) is 22.6.